The van der Waals surface area contributed by atoms with Crippen LogP contribution in [0.25, 0.3) is 11.1 Å². The van der Waals surface area contributed by atoms with Crippen LogP contribution < -0.4 is 10.6 Å². The van der Waals surface area contributed by atoms with Gasteiger partial charge in [0.1, 0.15) is 30.9 Å². The van der Waals surface area contributed by atoms with Crippen molar-refractivity contribution in [3.05, 3.63) is 190 Å². The van der Waals surface area contributed by atoms with Crippen molar-refractivity contribution in [1.29, 1.82) is 0 Å². The van der Waals surface area contributed by atoms with Crippen LogP contribution in [0.3, 0.4) is 0 Å². The predicted molar refractivity (Wildman–Crippen MR) is 346 cm³/mol. The molecule has 0 saturated carbocycles. The molecule has 0 aromatic heterocycles. The summed E-state index contributed by atoms with van der Waals surface area (Å²) in [5.74, 6) is -1.92. The summed E-state index contributed by atoms with van der Waals surface area (Å²) in [6.07, 6.45) is -6.12. The van der Waals surface area contributed by atoms with E-state index >= 15 is 0 Å². The van der Waals surface area contributed by atoms with Gasteiger partial charge in [0.2, 0.25) is 11.8 Å². The SMILES string of the molecule is CN(CCN1CCC(OC(=O)Nc2ccccc2-c2ccccc2)CC1)C(=O)CCCNc1ccc(C(=O)N(C)CCCN(C)C(=O)CO[C@H]2Cc3ccccc3C23CCN(CC[C@]2(c4ccc(F)cc4)CN(C(=O)c4cc(C(F)(F)F)cc(C(F)(F)F)c4)CO2)CC3)cc1. The zero-order chi connectivity index (χ0) is 67.5. The number of nitrogens with one attached hydrogen (secondary N) is 2. The number of amides is 5. The number of likely N-dealkylation sites (N-methyl/N-ethyl adjacent to an activating group) is 2. The second kappa shape index (κ2) is 30.6. The minimum atomic E-state index is -5.15. The second-order valence-corrected chi connectivity index (χ2v) is 25.3. The summed E-state index contributed by atoms with van der Waals surface area (Å²) >= 11 is 0. The highest BCUT2D eigenvalue weighted by atomic mass is 19.4. The number of carbonyl (C=O) groups excluding carboxylic acids is 5. The summed E-state index contributed by atoms with van der Waals surface area (Å²) in [5, 5.41) is 6.27. The third-order valence-electron chi connectivity index (χ3n) is 19.0. The molecule has 23 heteroatoms. The maximum Gasteiger partial charge on any atom is 0.416 e. The molecule has 2 atom stereocenters. The first-order chi connectivity index (χ1) is 45.5. The van der Waals surface area contributed by atoms with Crippen molar-refractivity contribution in [3.63, 3.8) is 0 Å². The maximum atomic E-state index is 14.2. The summed E-state index contributed by atoms with van der Waals surface area (Å²) in [6.45, 7) is 5.02. The smallest absolute Gasteiger partial charge is 0.416 e. The molecule has 506 valence electrons. The van der Waals surface area contributed by atoms with Gasteiger partial charge in [0.05, 0.1) is 29.5 Å². The molecule has 1 aliphatic carbocycles. The lowest BCUT2D eigenvalue weighted by molar-refractivity contribution is -0.143. The third kappa shape index (κ3) is 17.4. The number of benzene rings is 6. The van der Waals surface area contributed by atoms with Crippen molar-refractivity contribution >= 4 is 41.1 Å². The number of para-hydroxylation sites is 1. The molecular weight excluding hydrogens is 1240 g/mol. The van der Waals surface area contributed by atoms with Crippen molar-refractivity contribution in [1.82, 2.24) is 29.4 Å². The first-order valence-corrected chi connectivity index (χ1v) is 32.3. The van der Waals surface area contributed by atoms with Crippen molar-refractivity contribution in [3.8, 4) is 11.1 Å². The highest BCUT2D eigenvalue weighted by Gasteiger charge is 2.50. The number of nitrogens with zero attached hydrogens (tertiary/aromatic N) is 6. The number of alkyl halides is 6. The van der Waals surface area contributed by atoms with Crippen LogP contribution in [0.1, 0.15) is 99.9 Å². The van der Waals surface area contributed by atoms with Gasteiger partial charge in [-0.1, -0.05) is 84.9 Å². The van der Waals surface area contributed by atoms with Crippen LogP contribution in [-0.4, -0.2) is 178 Å². The Morgan fingerprint density at radius 1 is 0.663 bits per heavy atom. The van der Waals surface area contributed by atoms with E-state index in [1.54, 1.807) is 40.9 Å². The number of anilines is 2. The largest absolute Gasteiger partial charge is 0.446 e. The Bertz CT molecular complexity index is 3590. The first-order valence-electron chi connectivity index (χ1n) is 32.3. The normalized spacial score (nSPS) is 18.3. The molecule has 2 N–H and O–H groups in total. The number of hydrogen-bond acceptors (Lipinski definition) is 11. The lowest BCUT2D eigenvalue weighted by Gasteiger charge is -2.44. The molecule has 3 heterocycles. The Morgan fingerprint density at radius 3 is 1.99 bits per heavy atom. The average molecular weight is 1320 g/mol. The molecule has 0 unspecified atom stereocenters. The summed E-state index contributed by atoms with van der Waals surface area (Å²) in [6, 6.07) is 39.1. The fraction of sp³-hybridized carbons (Fsp3) is 0.431. The van der Waals surface area contributed by atoms with Gasteiger partial charge in [-0.15, -0.1) is 0 Å². The number of rotatable bonds is 24. The summed E-state index contributed by atoms with van der Waals surface area (Å²) in [5.41, 5.74) is 1.05. The van der Waals surface area contributed by atoms with Crippen molar-refractivity contribution in [2.24, 2.45) is 0 Å². The fourth-order valence-electron chi connectivity index (χ4n) is 13.4. The zero-order valence-corrected chi connectivity index (χ0v) is 53.7. The minimum Gasteiger partial charge on any atom is -0.446 e. The molecule has 4 aliphatic rings. The highest BCUT2D eigenvalue weighted by Crippen LogP contribution is 2.48. The van der Waals surface area contributed by atoms with Gasteiger partial charge in [0.25, 0.3) is 11.8 Å². The van der Waals surface area contributed by atoms with Crippen LogP contribution in [0.5, 0.6) is 0 Å². The van der Waals surface area contributed by atoms with E-state index in [9.17, 15) is 54.7 Å². The second-order valence-electron chi connectivity index (χ2n) is 25.3. The summed E-state index contributed by atoms with van der Waals surface area (Å²) < 4.78 is 116. The molecule has 95 heavy (non-hydrogen) atoms. The van der Waals surface area contributed by atoms with E-state index in [-0.39, 0.29) is 55.6 Å². The van der Waals surface area contributed by atoms with E-state index in [0.717, 1.165) is 52.5 Å². The van der Waals surface area contributed by atoms with Crippen molar-refractivity contribution in [2.45, 2.75) is 93.4 Å². The van der Waals surface area contributed by atoms with E-state index in [4.69, 9.17) is 14.2 Å². The highest BCUT2D eigenvalue weighted by molar-refractivity contribution is 5.95. The van der Waals surface area contributed by atoms with Crippen LogP contribution in [0.4, 0.5) is 46.9 Å². The van der Waals surface area contributed by atoms with Crippen LogP contribution in [-0.2, 0) is 53.6 Å². The maximum absolute atomic E-state index is 14.2. The standard InChI is InChI=1S/C72H81F7N8O8/c1-82(34-12-35-84(3)66(90)51-20-26-58(27-21-51)80-33-11-19-64(88)83(2)41-42-85-36-28-59(29-37-85)95-68(92)81-62-18-10-8-16-60(62)50-13-5-4-6-14-50)65(89)47-93-63-45-52-15-7-9-17-61(52)69(63)30-38-86(39-31-69)40-32-70(54-22-24-57(73)25-23-54)48-87(49-94-70)67(91)53-43-55(71(74,75)76)46-56(44-53)72(77,78)79/h4-10,13-18,20-27,43-44,46,59,63,80H,11-12,19,28-42,45,47-49H2,1-3H3,(H,81,92)/t63-,70+/m0/s1. The molecule has 3 saturated heterocycles. The quantitative estimate of drug-likeness (QED) is 0.0439. The van der Waals surface area contributed by atoms with Gasteiger partial charge < -0.3 is 48.9 Å². The Morgan fingerprint density at radius 2 is 1.29 bits per heavy atom. The molecule has 10 rings (SSSR count). The summed E-state index contributed by atoms with van der Waals surface area (Å²) in [4.78, 5) is 77.3. The molecule has 16 nitrogen and oxygen atoms in total. The zero-order valence-electron chi connectivity index (χ0n) is 53.7. The molecule has 0 bridgehead atoms. The molecule has 3 aliphatic heterocycles. The number of carbonyl (C=O) groups is 5. The van der Waals surface area contributed by atoms with Gasteiger partial charge in [0, 0.05) is 108 Å². The van der Waals surface area contributed by atoms with Crippen LogP contribution in [0.2, 0.25) is 0 Å². The van der Waals surface area contributed by atoms with Gasteiger partial charge >= 0.3 is 18.4 Å². The number of likely N-dealkylation sites (tertiary alicyclic amines) is 2. The molecule has 0 radical (unpaired) electrons. The number of fused-ring (bicyclic) bond motifs is 2. The van der Waals surface area contributed by atoms with E-state index in [2.05, 4.69) is 32.6 Å². The number of piperidine rings is 2. The Balaban J connectivity index is 0.619. The molecular formula is C72H81F7N8O8. The van der Waals surface area contributed by atoms with Crippen LogP contribution >= 0.6 is 0 Å². The van der Waals surface area contributed by atoms with Gasteiger partial charge in [-0.3, -0.25) is 24.5 Å². The average Bonchev–Trinajstić information content (AvgIpc) is 1.62. The van der Waals surface area contributed by atoms with Crippen LogP contribution in [0, 0.1) is 5.82 Å². The number of hydrogen-bond donors (Lipinski definition) is 2. The van der Waals surface area contributed by atoms with E-state index in [1.807, 2.05) is 85.9 Å². The van der Waals surface area contributed by atoms with Crippen molar-refractivity contribution < 1.29 is 68.9 Å². The van der Waals surface area contributed by atoms with Gasteiger partial charge in [0.15, 0.2) is 0 Å². The Kier molecular flexibility index (Phi) is 22.3. The summed E-state index contributed by atoms with van der Waals surface area (Å²) in [7, 11) is 5.25. The Labute approximate surface area is 549 Å². The van der Waals surface area contributed by atoms with Gasteiger partial charge in [-0.05, 0) is 147 Å². The van der Waals surface area contributed by atoms with E-state index in [1.165, 1.54) is 24.3 Å². The van der Waals surface area contributed by atoms with E-state index < -0.39 is 64.6 Å². The molecule has 5 amide bonds. The predicted octanol–water partition coefficient (Wildman–Crippen LogP) is 12.2. The van der Waals surface area contributed by atoms with Crippen molar-refractivity contribution in [2.75, 3.05) is 117 Å². The van der Waals surface area contributed by atoms with E-state index in [0.29, 0.717) is 126 Å². The lowest BCUT2D eigenvalue weighted by Crippen LogP contribution is -2.50. The monoisotopic (exact) mass is 1320 g/mol. The van der Waals surface area contributed by atoms with Crippen LogP contribution in [0.15, 0.2) is 146 Å². The molecule has 6 aromatic rings. The van der Waals surface area contributed by atoms with Gasteiger partial charge in [-0.2, -0.15) is 26.3 Å². The molecule has 3 fully saturated rings. The molecule has 6 aromatic carbocycles. The number of halogens is 7. The third-order valence-corrected chi connectivity index (χ3v) is 19.0. The number of ether oxygens (including phenoxy) is 3. The fourth-order valence-corrected chi connectivity index (χ4v) is 13.4. The topological polar surface area (TPSA) is 157 Å². The molecule has 1 spiro atoms. The van der Waals surface area contributed by atoms with Gasteiger partial charge in [-0.25, -0.2) is 9.18 Å². The Hall–Kier alpha value is -8.38. The minimum absolute atomic E-state index is 0.0299. The first kappa shape index (κ1) is 69.4. The lowest BCUT2D eigenvalue weighted by atomic mass is 9.72.